The Bertz CT molecular complexity index is 752. The Kier molecular flexibility index (Phi) is 5.73. The van der Waals surface area contributed by atoms with Crippen molar-refractivity contribution < 1.29 is 4.79 Å². The second kappa shape index (κ2) is 8.03. The minimum Gasteiger partial charge on any atom is -0.399 e. The molecule has 27 heavy (non-hydrogen) atoms. The SMILES string of the molecule is CC(C)(C)c1ccc(N2CCC(NC(=O)Cc3ccc(N)cc3)CC2)cc1. The lowest BCUT2D eigenvalue weighted by Crippen LogP contribution is -2.45. The highest BCUT2D eigenvalue weighted by Gasteiger charge is 2.21. The number of carbonyl (C=O) groups excluding carboxylic acids is 1. The van der Waals surface area contributed by atoms with E-state index in [0.717, 1.165) is 37.2 Å². The molecular weight excluding hydrogens is 334 g/mol. The van der Waals surface area contributed by atoms with Gasteiger partial charge in [0.15, 0.2) is 0 Å². The molecule has 1 fully saturated rings. The molecular formula is C23H31N3O. The van der Waals surface area contributed by atoms with Crippen molar-refractivity contribution in [2.24, 2.45) is 0 Å². The van der Waals surface area contributed by atoms with Crippen LogP contribution in [-0.4, -0.2) is 25.0 Å². The van der Waals surface area contributed by atoms with Crippen molar-refractivity contribution in [2.45, 2.75) is 51.5 Å². The molecule has 1 saturated heterocycles. The average Bonchev–Trinajstić information content (AvgIpc) is 2.64. The van der Waals surface area contributed by atoms with Crippen molar-refractivity contribution in [3.8, 4) is 0 Å². The number of carbonyl (C=O) groups is 1. The van der Waals surface area contributed by atoms with Crippen molar-refractivity contribution in [1.82, 2.24) is 5.32 Å². The van der Waals surface area contributed by atoms with E-state index in [9.17, 15) is 4.79 Å². The molecule has 0 bridgehead atoms. The molecule has 3 N–H and O–H groups in total. The van der Waals surface area contributed by atoms with Gasteiger partial charge in [0.2, 0.25) is 5.91 Å². The summed E-state index contributed by atoms with van der Waals surface area (Å²) in [7, 11) is 0. The van der Waals surface area contributed by atoms with Crippen LogP contribution in [-0.2, 0) is 16.6 Å². The lowest BCUT2D eigenvalue weighted by atomic mass is 9.87. The van der Waals surface area contributed by atoms with Crippen molar-refractivity contribution in [3.63, 3.8) is 0 Å². The Morgan fingerprint density at radius 1 is 1.04 bits per heavy atom. The summed E-state index contributed by atoms with van der Waals surface area (Å²) in [6.07, 6.45) is 2.37. The maximum absolute atomic E-state index is 12.3. The van der Waals surface area contributed by atoms with Crippen LogP contribution < -0.4 is 16.0 Å². The van der Waals surface area contributed by atoms with E-state index >= 15 is 0 Å². The molecule has 0 atom stereocenters. The number of hydrogen-bond donors (Lipinski definition) is 2. The predicted octanol–water partition coefficient (Wildman–Crippen LogP) is 3.89. The van der Waals surface area contributed by atoms with Gasteiger partial charge in [-0.05, 0) is 53.6 Å². The van der Waals surface area contributed by atoms with Crippen LogP contribution in [0.2, 0.25) is 0 Å². The van der Waals surface area contributed by atoms with E-state index in [1.165, 1.54) is 11.3 Å². The molecule has 0 spiro atoms. The smallest absolute Gasteiger partial charge is 0.224 e. The zero-order valence-electron chi connectivity index (χ0n) is 16.7. The molecule has 0 saturated carbocycles. The second-order valence-corrected chi connectivity index (χ2v) is 8.54. The third-order valence-corrected chi connectivity index (χ3v) is 5.30. The first-order valence-corrected chi connectivity index (χ1v) is 9.80. The minimum atomic E-state index is 0.0905. The third kappa shape index (κ3) is 5.25. The summed E-state index contributed by atoms with van der Waals surface area (Å²) in [6, 6.07) is 16.7. The van der Waals surface area contributed by atoms with Gasteiger partial charge in [0.05, 0.1) is 6.42 Å². The number of amides is 1. The zero-order chi connectivity index (χ0) is 19.4. The van der Waals surface area contributed by atoms with Crippen LogP contribution in [0, 0.1) is 0 Å². The number of benzene rings is 2. The molecule has 4 nitrogen and oxygen atoms in total. The van der Waals surface area contributed by atoms with Crippen LogP contribution in [0.25, 0.3) is 0 Å². The van der Waals surface area contributed by atoms with Gasteiger partial charge in [0.25, 0.3) is 0 Å². The first-order chi connectivity index (χ1) is 12.8. The molecule has 1 aliphatic rings. The van der Waals surface area contributed by atoms with E-state index < -0.39 is 0 Å². The van der Waals surface area contributed by atoms with Crippen LogP contribution in [0.3, 0.4) is 0 Å². The van der Waals surface area contributed by atoms with Gasteiger partial charge in [-0.15, -0.1) is 0 Å². The quantitative estimate of drug-likeness (QED) is 0.808. The van der Waals surface area contributed by atoms with Crippen LogP contribution in [0.15, 0.2) is 48.5 Å². The first kappa shape index (κ1) is 19.3. The summed E-state index contributed by atoms with van der Waals surface area (Å²) in [4.78, 5) is 14.7. The van der Waals surface area contributed by atoms with Crippen molar-refractivity contribution in [1.29, 1.82) is 0 Å². The lowest BCUT2D eigenvalue weighted by Gasteiger charge is -2.34. The molecule has 2 aromatic carbocycles. The lowest BCUT2D eigenvalue weighted by molar-refractivity contribution is -0.121. The highest BCUT2D eigenvalue weighted by Crippen LogP contribution is 2.26. The molecule has 1 aliphatic heterocycles. The highest BCUT2D eigenvalue weighted by atomic mass is 16.1. The standard InChI is InChI=1S/C23H31N3O/c1-23(2,3)18-6-10-21(11-7-18)26-14-12-20(13-15-26)25-22(27)16-17-4-8-19(24)9-5-17/h4-11,20H,12-16,24H2,1-3H3,(H,25,27). The number of nitrogens with one attached hydrogen (secondary N) is 1. The number of piperidine rings is 1. The number of rotatable bonds is 4. The van der Waals surface area contributed by atoms with Gasteiger partial charge in [-0.3, -0.25) is 4.79 Å². The summed E-state index contributed by atoms with van der Waals surface area (Å²) in [5, 5.41) is 3.19. The van der Waals surface area contributed by atoms with Gasteiger partial charge in [-0.25, -0.2) is 0 Å². The monoisotopic (exact) mass is 365 g/mol. The maximum Gasteiger partial charge on any atom is 0.224 e. The number of nitrogen functional groups attached to an aromatic ring is 1. The largest absolute Gasteiger partial charge is 0.399 e. The Morgan fingerprint density at radius 2 is 1.63 bits per heavy atom. The Morgan fingerprint density at radius 3 is 2.19 bits per heavy atom. The molecule has 0 unspecified atom stereocenters. The van der Waals surface area contributed by atoms with Crippen molar-refractivity contribution in [3.05, 3.63) is 59.7 Å². The molecule has 0 radical (unpaired) electrons. The number of hydrogen-bond acceptors (Lipinski definition) is 3. The highest BCUT2D eigenvalue weighted by molar-refractivity contribution is 5.79. The van der Waals surface area contributed by atoms with E-state index in [0.29, 0.717) is 6.42 Å². The predicted molar refractivity (Wildman–Crippen MR) is 113 cm³/mol. The Balaban J connectivity index is 1.48. The van der Waals surface area contributed by atoms with Gasteiger partial charge in [-0.1, -0.05) is 45.0 Å². The van der Waals surface area contributed by atoms with Crippen molar-refractivity contribution in [2.75, 3.05) is 23.7 Å². The van der Waals surface area contributed by atoms with Crippen LogP contribution in [0.4, 0.5) is 11.4 Å². The van der Waals surface area contributed by atoms with E-state index in [4.69, 9.17) is 5.73 Å². The Labute approximate surface area is 162 Å². The molecule has 4 heteroatoms. The maximum atomic E-state index is 12.3. The second-order valence-electron chi connectivity index (χ2n) is 8.54. The van der Waals surface area contributed by atoms with E-state index in [1.807, 2.05) is 24.3 Å². The summed E-state index contributed by atoms with van der Waals surface area (Å²) in [5.74, 6) is 0.0905. The number of nitrogens with two attached hydrogens (primary N) is 1. The molecule has 144 valence electrons. The topological polar surface area (TPSA) is 58.4 Å². The fraction of sp³-hybridized carbons (Fsp3) is 0.435. The number of anilines is 2. The molecule has 1 heterocycles. The zero-order valence-corrected chi connectivity index (χ0v) is 16.7. The average molecular weight is 366 g/mol. The normalized spacial score (nSPS) is 15.6. The van der Waals surface area contributed by atoms with Gasteiger partial charge in [-0.2, -0.15) is 0 Å². The molecule has 3 rings (SSSR count). The molecule has 2 aromatic rings. The Hall–Kier alpha value is -2.49. The minimum absolute atomic E-state index is 0.0905. The summed E-state index contributed by atoms with van der Waals surface area (Å²) in [6.45, 7) is 8.66. The van der Waals surface area contributed by atoms with E-state index in [-0.39, 0.29) is 17.4 Å². The van der Waals surface area contributed by atoms with Crippen LogP contribution >= 0.6 is 0 Å². The first-order valence-electron chi connectivity index (χ1n) is 9.80. The summed E-state index contributed by atoms with van der Waals surface area (Å²) in [5.41, 5.74) is 10.2. The number of nitrogens with zero attached hydrogens (tertiary/aromatic N) is 1. The van der Waals surface area contributed by atoms with Gasteiger partial charge in [0, 0.05) is 30.5 Å². The van der Waals surface area contributed by atoms with Crippen molar-refractivity contribution >= 4 is 17.3 Å². The third-order valence-electron chi connectivity index (χ3n) is 5.30. The summed E-state index contributed by atoms with van der Waals surface area (Å²) >= 11 is 0. The fourth-order valence-electron chi connectivity index (χ4n) is 3.55. The molecule has 1 amide bonds. The van der Waals surface area contributed by atoms with Gasteiger partial charge >= 0.3 is 0 Å². The fourth-order valence-corrected chi connectivity index (χ4v) is 3.55. The molecule has 0 aliphatic carbocycles. The van der Waals surface area contributed by atoms with E-state index in [2.05, 4.69) is 55.3 Å². The molecule has 0 aromatic heterocycles. The van der Waals surface area contributed by atoms with E-state index in [1.54, 1.807) is 0 Å². The van der Waals surface area contributed by atoms with Crippen LogP contribution in [0.1, 0.15) is 44.7 Å². The van der Waals surface area contributed by atoms with Gasteiger partial charge < -0.3 is 16.0 Å². The summed E-state index contributed by atoms with van der Waals surface area (Å²) < 4.78 is 0. The van der Waals surface area contributed by atoms with Gasteiger partial charge in [0.1, 0.15) is 0 Å². The van der Waals surface area contributed by atoms with Crippen LogP contribution in [0.5, 0.6) is 0 Å².